The second-order valence-electron chi connectivity index (χ2n) is 5.85. The highest BCUT2D eigenvalue weighted by Gasteiger charge is 2.23. The number of anilines is 2. The number of benzene rings is 2. The molecule has 1 heterocycles. The number of hydrogen-bond donors (Lipinski definition) is 2. The number of fused-ring (bicyclic) bond motifs is 1. The minimum Gasteiger partial charge on any atom is -0.308 e. The summed E-state index contributed by atoms with van der Waals surface area (Å²) < 4.78 is 38.3. The summed E-state index contributed by atoms with van der Waals surface area (Å²) >= 11 is 1.06. The molecule has 6 nitrogen and oxygen atoms in total. The molecule has 3 rings (SSSR count). The van der Waals surface area contributed by atoms with Gasteiger partial charge in [-0.25, -0.2) is 22.6 Å². The van der Waals surface area contributed by atoms with Crippen molar-refractivity contribution >= 4 is 48.8 Å². The van der Waals surface area contributed by atoms with Gasteiger partial charge in [-0.05, 0) is 50.2 Å². The van der Waals surface area contributed by atoms with Crippen LogP contribution in [0.15, 0.2) is 46.8 Å². The molecule has 0 saturated carbocycles. The van der Waals surface area contributed by atoms with Crippen molar-refractivity contribution in [2.45, 2.75) is 23.4 Å². The van der Waals surface area contributed by atoms with Crippen LogP contribution in [0.4, 0.5) is 20.6 Å². The number of aromatic nitrogens is 1. The molecule has 0 bridgehead atoms. The highest BCUT2D eigenvalue weighted by Crippen LogP contribution is 2.29. The lowest BCUT2D eigenvalue weighted by molar-refractivity contribution is 0.262. The third-order valence-corrected chi connectivity index (χ3v) is 7.15. The van der Waals surface area contributed by atoms with Crippen molar-refractivity contribution in [3.8, 4) is 0 Å². The maximum absolute atomic E-state index is 13.1. The summed E-state index contributed by atoms with van der Waals surface area (Å²) in [5, 5.41) is 4.60. The Kier molecular flexibility index (Phi) is 4.92. The van der Waals surface area contributed by atoms with Gasteiger partial charge in [-0.3, -0.25) is 0 Å². The van der Waals surface area contributed by atoms with Crippen LogP contribution in [-0.2, 0) is 9.84 Å². The van der Waals surface area contributed by atoms with Crippen molar-refractivity contribution < 1.29 is 17.6 Å². The zero-order chi connectivity index (χ0) is 18.9. The molecule has 0 fully saturated rings. The van der Waals surface area contributed by atoms with Crippen molar-refractivity contribution in [3.63, 3.8) is 0 Å². The van der Waals surface area contributed by atoms with E-state index in [4.69, 9.17) is 0 Å². The first-order valence-electron chi connectivity index (χ1n) is 7.74. The Morgan fingerprint density at radius 1 is 1.12 bits per heavy atom. The van der Waals surface area contributed by atoms with Gasteiger partial charge in [-0.15, -0.1) is 11.3 Å². The van der Waals surface area contributed by atoms with E-state index in [2.05, 4.69) is 15.6 Å². The number of halogens is 1. The van der Waals surface area contributed by atoms with Crippen LogP contribution in [-0.4, -0.2) is 24.7 Å². The van der Waals surface area contributed by atoms with E-state index in [-0.39, 0.29) is 4.34 Å². The predicted molar refractivity (Wildman–Crippen MR) is 101 cm³/mol. The second kappa shape index (κ2) is 7.00. The molecular weight excluding hydrogens is 377 g/mol. The van der Waals surface area contributed by atoms with Gasteiger partial charge in [0.15, 0.2) is 0 Å². The zero-order valence-electron chi connectivity index (χ0n) is 14.0. The Morgan fingerprint density at radius 2 is 1.81 bits per heavy atom. The fourth-order valence-electron chi connectivity index (χ4n) is 2.16. The van der Waals surface area contributed by atoms with E-state index in [0.717, 1.165) is 11.3 Å². The number of nitrogens with one attached hydrogen (secondary N) is 2. The third-order valence-electron chi connectivity index (χ3n) is 3.57. The lowest BCUT2D eigenvalue weighted by atomic mass is 10.3. The molecule has 0 aliphatic heterocycles. The number of hydrogen-bond acceptors (Lipinski definition) is 5. The summed E-state index contributed by atoms with van der Waals surface area (Å²) in [4.78, 5) is 16.2. The fraction of sp³-hybridized carbons (Fsp3) is 0.176. The van der Waals surface area contributed by atoms with Gasteiger partial charge in [0, 0.05) is 11.4 Å². The number of rotatable bonds is 4. The van der Waals surface area contributed by atoms with Gasteiger partial charge in [-0.1, -0.05) is 6.07 Å². The predicted octanol–water partition coefficient (Wildman–Crippen LogP) is 4.26. The Labute approximate surface area is 154 Å². The van der Waals surface area contributed by atoms with Crippen LogP contribution >= 0.6 is 11.3 Å². The lowest BCUT2D eigenvalue weighted by Gasteiger charge is -2.07. The Bertz CT molecular complexity index is 1080. The van der Waals surface area contributed by atoms with E-state index in [1.807, 2.05) is 0 Å². The molecule has 2 aromatic carbocycles. The van der Waals surface area contributed by atoms with Gasteiger partial charge in [-0.2, -0.15) is 0 Å². The Morgan fingerprint density at radius 3 is 2.46 bits per heavy atom. The number of urea groups is 1. The number of carbonyl (C=O) groups excluding carboxylic acids is 1. The Hall–Kier alpha value is -2.52. The summed E-state index contributed by atoms with van der Waals surface area (Å²) in [6, 6.07) is 9.93. The summed E-state index contributed by atoms with van der Waals surface area (Å²) in [6.07, 6.45) is 0. The minimum atomic E-state index is -3.45. The molecule has 0 radical (unpaired) electrons. The molecule has 2 amide bonds. The van der Waals surface area contributed by atoms with E-state index in [9.17, 15) is 17.6 Å². The fourth-order valence-corrected chi connectivity index (χ4v) is 4.84. The third kappa shape index (κ3) is 3.83. The largest absolute Gasteiger partial charge is 0.323 e. The minimum absolute atomic E-state index is 0.0591. The summed E-state index contributed by atoms with van der Waals surface area (Å²) in [5.41, 5.74) is 1.35. The van der Waals surface area contributed by atoms with E-state index in [1.54, 1.807) is 38.1 Å². The van der Waals surface area contributed by atoms with Crippen LogP contribution in [0.25, 0.3) is 10.2 Å². The monoisotopic (exact) mass is 393 g/mol. The molecule has 0 unspecified atom stereocenters. The smallest absolute Gasteiger partial charge is 0.308 e. The highest BCUT2D eigenvalue weighted by molar-refractivity contribution is 7.94. The SMILES string of the molecule is CC(C)S(=O)(=O)c1nc2ccc(NC(=O)Nc3cccc(F)c3)cc2s1. The first-order chi connectivity index (χ1) is 12.3. The normalized spacial score (nSPS) is 11.7. The molecule has 0 atom stereocenters. The van der Waals surface area contributed by atoms with Crippen molar-refractivity contribution in [2.24, 2.45) is 0 Å². The average Bonchev–Trinajstić information content (AvgIpc) is 2.98. The summed E-state index contributed by atoms with van der Waals surface area (Å²) in [7, 11) is -3.45. The molecule has 1 aromatic heterocycles. The maximum atomic E-state index is 13.1. The van der Waals surface area contributed by atoms with Gasteiger partial charge in [0.25, 0.3) is 0 Å². The van der Waals surface area contributed by atoms with Crippen molar-refractivity contribution in [3.05, 3.63) is 48.3 Å². The molecule has 9 heteroatoms. The van der Waals surface area contributed by atoms with Crippen LogP contribution in [0.2, 0.25) is 0 Å². The van der Waals surface area contributed by atoms with Crippen molar-refractivity contribution in [2.75, 3.05) is 10.6 Å². The molecule has 0 saturated heterocycles. The van der Waals surface area contributed by atoms with Gasteiger partial charge in [0.1, 0.15) is 5.82 Å². The maximum Gasteiger partial charge on any atom is 0.323 e. The number of nitrogens with zero attached hydrogens (tertiary/aromatic N) is 1. The second-order valence-corrected chi connectivity index (χ2v) is 9.55. The molecule has 26 heavy (non-hydrogen) atoms. The average molecular weight is 393 g/mol. The first kappa shape index (κ1) is 18.3. The molecule has 3 aromatic rings. The van der Waals surface area contributed by atoms with Crippen molar-refractivity contribution in [1.82, 2.24) is 4.98 Å². The van der Waals surface area contributed by atoms with Crippen LogP contribution in [0.5, 0.6) is 0 Å². The van der Waals surface area contributed by atoms with E-state index in [1.165, 1.54) is 18.2 Å². The van der Waals surface area contributed by atoms with Crippen LogP contribution in [0, 0.1) is 5.82 Å². The van der Waals surface area contributed by atoms with Crippen molar-refractivity contribution in [1.29, 1.82) is 0 Å². The summed E-state index contributed by atoms with van der Waals surface area (Å²) in [6.45, 7) is 3.20. The topological polar surface area (TPSA) is 88.2 Å². The van der Waals surface area contributed by atoms with Crippen LogP contribution in [0.3, 0.4) is 0 Å². The molecule has 0 aliphatic carbocycles. The van der Waals surface area contributed by atoms with E-state index in [0.29, 0.717) is 21.6 Å². The first-order valence-corrected chi connectivity index (χ1v) is 10.1. The number of amides is 2. The molecule has 0 spiro atoms. The number of sulfone groups is 1. The lowest BCUT2D eigenvalue weighted by Crippen LogP contribution is -2.19. The van der Waals surface area contributed by atoms with Gasteiger partial charge >= 0.3 is 6.03 Å². The van der Waals surface area contributed by atoms with E-state index < -0.39 is 26.9 Å². The molecular formula is C17H16FN3O3S2. The highest BCUT2D eigenvalue weighted by atomic mass is 32.2. The molecule has 136 valence electrons. The van der Waals surface area contributed by atoms with E-state index >= 15 is 0 Å². The quantitative estimate of drug-likeness (QED) is 0.693. The van der Waals surface area contributed by atoms with Gasteiger partial charge in [0.2, 0.25) is 14.2 Å². The van der Waals surface area contributed by atoms with Gasteiger partial charge in [0.05, 0.1) is 15.5 Å². The van der Waals surface area contributed by atoms with Crippen LogP contribution in [0.1, 0.15) is 13.8 Å². The molecule has 0 aliphatic rings. The summed E-state index contributed by atoms with van der Waals surface area (Å²) in [5.74, 6) is -0.451. The van der Waals surface area contributed by atoms with Crippen LogP contribution < -0.4 is 10.6 Å². The number of thiazole rings is 1. The Balaban J connectivity index is 1.80. The van der Waals surface area contributed by atoms with Gasteiger partial charge < -0.3 is 10.6 Å². The molecule has 2 N–H and O–H groups in total. The number of carbonyl (C=O) groups is 1. The zero-order valence-corrected chi connectivity index (χ0v) is 15.6. The standard InChI is InChI=1S/C17H16FN3O3S2/c1-10(2)26(23,24)17-21-14-7-6-13(9-15(14)25-17)20-16(22)19-12-5-3-4-11(18)8-12/h3-10H,1-2H3,(H2,19,20,22).